The first kappa shape index (κ1) is 24.8. The Morgan fingerprint density at radius 2 is 2.19 bits per heavy atom. The number of nitrogens with zero attached hydrogens (tertiary/aromatic N) is 3. The van der Waals surface area contributed by atoms with Crippen molar-refractivity contribution in [2.24, 2.45) is 0 Å². The summed E-state index contributed by atoms with van der Waals surface area (Å²) in [5.41, 5.74) is 1.70. The third-order valence-corrected chi connectivity index (χ3v) is 8.29. The van der Waals surface area contributed by atoms with Gasteiger partial charge < -0.3 is 15.4 Å². The Morgan fingerprint density at radius 3 is 3.03 bits per heavy atom. The van der Waals surface area contributed by atoms with Crippen LogP contribution in [-0.2, 0) is 4.79 Å². The van der Waals surface area contributed by atoms with E-state index in [-0.39, 0.29) is 10.9 Å². The fourth-order valence-electron chi connectivity index (χ4n) is 4.86. The maximum Gasteiger partial charge on any atom is 0.248 e. The lowest BCUT2D eigenvalue weighted by atomic mass is 10.1. The van der Waals surface area contributed by atoms with Crippen molar-refractivity contribution >= 4 is 57.4 Å². The van der Waals surface area contributed by atoms with Crippen LogP contribution >= 0.6 is 23.4 Å². The number of nitrogens with one attached hydrogen (secondary N) is 2. The van der Waals surface area contributed by atoms with E-state index in [0.29, 0.717) is 39.9 Å². The van der Waals surface area contributed by atoms with Crippen molar-refractivity contribution < 1.29 is 13.9 Å². The van der Waals surface area contributed by atoms with Gasteiger partial charge in [-0.05, 0) is 37.1 Å². The second-order valence-corrected chi connectivity index (χ2v) is 10.6. The van der Waals surface area contributed by atoms with Crippen molar-refractivity contribution in [3.05, 3.63) is 59.7 Å². The highest BCUT2D eigenvalue weighted by Crippen LogP contribution is 2.37. The standard InChI is InChI=1S/C26H27ClFN5O2S/c1-35-23-14-20-17(26(30-15-29-20)31-16-7-8-19(28)18(27)12-16)13-21(23)32-25(34)6-3-9-33-10-11-36-24-5-2-4-22(24)33/h3,6-8,12-15,22,24H,2,4-5,9-11H2,1H3,(H,32,34)(H,29,30,31)/b6-3+. The quantitative estimate of drug-likeness (QED) is 0.385. The molecule has 2 aliphatic rings. The highest BCUT2D eigenvalue weighted by molar-refractivity contribution is 8.00. The first-order valence-corrected chi connectivity index (χ1v) is 13.3. The third-order valence-electron chi connectivity index (χ3n) is 6.60. The molecular formula is C26H27ClFN5O2S. The number of methoxy groups -OCH3 is 1. The Bertz CT molecular complexity index is 1310. The van der Waals surface area contributed by atoms with Crippen molar-refractivity contribution in [3.8, 4) is 5.75 Å². The van der Waals surface area contributed by atoms with Crippen LogP contribution < -0.4 is 15.4 Å². The lowest BCUT2D eigenvalue weighted by Gasteiger charge is -2.36. The van der Waals surface area contributed by atoms with Crippen LogP contribution in [0.15, 0.2) is 48.8 Å². The van der Waals surface area contributed by atoms with E-state index in [2.05, 4.69) is 37.3 Å². The normalized spacial score (nSPS) is 20.0. The van der Waals surface area contributed by atoms with E-state index < -0.39 is 5.82 Å². The zero-order chi connectivity index (χ0) is 25.1. The molecule has 1 aliphatic carbocycles. The van der Waals surface area contributed by atoms with Crippen molar-refractivity contribution in [3.63, 3.8) is 0 Å². The zero-order valence-corrected chi connectivity index (χ0v) is 21.4. The Balaban J connectivity index is 1.32. The molecule has 2 atom stereocenters. The van der Waals surface area contributed by atoms with Crippen molar-refractivity contribution in [1.82, 2.24) is 14.9 Å². The predicted molar refractivity (Wildman–Crippen MR) is 144 cm³/mol. The van der Waals surface area contributed by atoms with E-state index in [9.17, 15) is 9.18 Å². The van der Waals surface area contributed by atoms with E-state index in [1.807, 2.05) is 6.08 Å². The minimum absolute atomic E-state index is 0.00605. The molecule has 2 fully saturated rings. The number of carbonyl (C=O) groups is 1. The Labute approximate surface area is 218 Å². The van der Waals surface area contributed by atoms with Gasteiger partial charge >= 0.3 is 0 Å². The van der Waals surface area contributed by atoms with Crippen LogP contribution in [0.1, 0.15) is 19.3 Å². The topological polar surface area (TPSA) is 79.4 Å². The number of halogens is 2. The molecule has 0 bridgehead atoms. The van der Waals surface area contributed by atoms with Gasteiger partial charge in [-0.1, -0.05) is 24.1 Å². The van der Waals surface area contributed by atoms with Gasteiger partial charge in [-0.3, -0.25) is 9.69 Å². The summed E-state index contributed by atoms with van der Waals surface area (Å²) in [5, 5.41) is 7.47. The summed E-state index contributed by atoms with van der Waals surface area (Å²) in [6.45, 7) is 1.83. The summed E-state index contributed by atoms with van der Waals surface area (Å²) in [6.07, 6.45) is 8.77. The number of amides is 1. The molecule has 1 aliphatic heterocycles. The van der Waals surface area contributed by atoms with Gasteiger partial charge in [0.15, 0.2) is 0 Å². The summed E-state index contributed by atoms with van der Waals surface area (Å²) in [5.74, 6) is 1.39. The summed E-state index contributed by atoms with van der Waals surface area (Å²) < 4.78 is 19.1. The summed E-state index contributed by atoms with van der Waals surface area (Å²) in [7, 11) is 1.54. The fourth-order valence-corrected chi connectivity index (χ4v) is 6.55. The Kier molecular flexibility index (Phi) is 7.59. The molecule has 36 heavy (non-hydrogen) atoms. The van der Waals surface area contributed by atoms with Gasteiger partial charge in [-0.15, -0.1) is 0 Å². The second kappa shape index (κ2) is 11.0. The number of benzene rings is 2. The molecule has 7 nitrogen and oxygen atoms in total. The van der Waals surface area contributed by atoms with Crippen molar-refractivity contribution in [2.45, 2.75) is 30.6 Å². The maximum atomic E-state index is 13.6. The van der Waals surface area contributed by atoms with Crippen LogP contribution in [-0.4, -0.2) is 58.0 Å². The number of thioether (sulfide) groups is 1. The van der Waals surface area contributed by atoms with E-state index in [1.54, 1.807) is 31.4 Å². The molecule has 10 heteroatoms. The van der Waals surface area contributed by atoms with E-state index in [0.717, 1.165) is 24.1 Å². The number of carbonyl (C=O) groups excluding carboxylic acids is 1. The largest absolute Gasteiger partial charge is 0.494 e. The van der Waals surface area contributed by atoms with Gasteiger partial charge in [0.1, 0.15) is 23.7 Å². The van der Waals surface area contributed by atoms with Gasteiger partial charge in [0, 0.05) is 53.4 Å². The van der Waals surface area contributed by atoms with Crippen LogP contribution in [0.25, 0.3) is 10.9 Å². The molecule has 1 saturated heterocycles. The molecule has 1 saturated carbocycles. The van der Waals surface area contributed by atoms with Crippen LogP contribution in [0, 0.1) is 5.82 Å². The van der Waals surface area contributed by atoms with Crippen LogP contribution in [0.5, 0.6) is 5.75 Å². The Hall–Kier alpha value is -2.88. The molecule has 1 amide bonds. The van der Waals surface area contributed by atoms with Crippen LogP contribution in [0.2, 0.25) is 5.02 Å². The number of hydrogen-bond acceptors (Lipinski definition) is 7. The minimum Gasteiger partial charge on any atom is -0.494 e. The summed E-state index contributed by atoms with van der Waals surface area (Å²) >= 11 is 8.00. The number of ether oxygens (including phenoxy) is 1. The monoisotopic (exact) mass is 527 g/mol. The van der Waals surface area contributed by atoms with Crippen LogP contribution in [0.4, 0.5) is 21.6 Å². The lowest BCUT2D eigenvalue weighted by Crippen LogP contribution is -2.44. The minimum atomic E-state index is -0.500. The number of anilines is 3. The molecule has 3 aromatic rings. The molecule has 0 radical (unpaired) electrons. The van der Waals surface area contributed by atoms with Gasteiger partial charge in [0.2, 0.25) is 5.91 Å². The third kappa shape index (κ3) is 5.43. The maximum absolute atomic E-state index is 13.6. The molecule has 1 aromatic heterocycles. The molecule has 2 unspecified atom stereocenters. The average Bonchev–Trinajstić information content (AvgIpc) is 3.36. The number of aromatic nitrogens is 2. The van der Waals surface area contributed by atoms with Gasteiger partial charge in [-0.2, -0.15) is 11.8 Å². The Morgan fingerprint density at radius 1 is 1.31 bits per heavy atom. The SMILES string of the molecule is COc1cc2ncnc(Nc3ccc(F)c(Cl)c3)c2cc1NC(=O)/C=C/CN1CCSC2CCCC21. The van der Waals surface area contributed by atoms with Crippen LogP contribution in [0.3, 0.4) is 0 Å². The highest BCUT2D eigenvalue weighted by atomic mass is 35.5. The lowest BCUT2D eigenvalue weighted by molar-refractivity contribution is -0.111. The molecular weight excluding hydrogens is 501 g/mol. The molecule has 5 rings (SSSR count). The smallest absolute Gasteiger partial charge is 0.248 e. The van der Waals surface area contributed by atoms with E-state index in [1.165, 1.54) is 37.7 Å². The van der Waals surface area contributed by atoms with Crippen molar-refractivity contribution in [2.75, 3.05) is 36.6 Å². The van der Waals surface area contributed by atoms with Crippen molar-refractivity contribution in [1.29, 1.82) is 0 Å². The molecule has 2 N–H and O–H groups in total. The van der Waals surface area contributed by atoms with E-state index in [4.69, 9.17) is 16.3 Å². The second-order valence-electron chi connectivity index (χ2n) is 8.84. The van der Waals surface area contributed by atoms with Gasteiger partial charge in [0.05, 0.1) is 23.3 Å². The zero-order valence-electron chi connectivity index (χ0n) is 19.8. The molecule has 188 valence electrons. The fraction of sp³-hybridized carbons (Fsp3) is 0.346. The van der Waals surface area contributed by atoms with E-state index >= 15 is 0 Å². The first-order valence-electron chi connectivity index (χ1n) is 11.9. The summed E-state index contributed by atoms with van der Waals surface area (Å²) in [6, 6.07) is 8.46. The predicted octanol–water partition coefficient (Wildman–Crippen LogP) is 5.64. The first-order chi connectivity index (χ1) is 17.5. The summed E-state index contributed by atoms with van der Waals surface area (Å²) in [4.78, 5) is 23.9. The average molecular weight is 528 g/mol. The number of fused-ring (bicyclic) bond motifs is 2. The highest BCUT2D eigenvalue weighted by Gasteiger charge is 2.34. The number of hydrogen-bond donors (Lipinski definition) is 2. The number of rotatable bonds is 7. The van der Waals surface area contributed by atoms with Gasteiger partial charge in [-0.25, -0.2) is 14.4 Å². The van der Waals surface area contributed by atoms with Gasteiger partial charge in [0.25, 0.3) is 0 Å². The molecule has 2 aromatic carbocycles. The molecule has 2 heterocycles. The molecule has 0 spiro atoms.